The average molecular weight is 361 g/mol. The first-order valence-electron chi connectivity index (χ1n) is 7.55. The van der Waals surface area contributed by atoms with Crippen molar-refractivity contribution in [2.75, 3.05) is 20.2 Å². The summed E-state index contributed by atoms with van der Waals surface area (Å²) in [7, 11) is 1.59. The van der Waals surface area contributed by atoms with Crippen molar-refractivity contribution in [3.05, 3.63) is 64.7 Å². The fourth-order valence-electron chi connectivity index (χ4n) is 2.43. The highest BCUT2D eigenvalue weighted by molar-refractivity contribution is 8.13. The molecule has 0 radical (unpaired) electrons. The SMILES string of the molecule is COc1cccc(C(=O)N2CCN=C2SCc2cccc(Cl)c2)c1. The summed E-state index contributed by atoms with van der Waals surface area (Å²) in [6.07, 6.45) is 0. The third kappa shape index (κ3) is 3.91. The molecule has 0 saturated heterocycles. The van der Waals surface area contributed by atoms with Gasteiger partial charge in [0.1, 0.15) is 5.75 Å². The molecule has 4 nitrogen and oxygen atoms in total. The monoisotopic (exact) mass is 360 g/mol. The minimum atomic E-state index is -0.0521. The van der Waals surface area contributed by atoms with Crippen LogP contribution >= 0.6 is 23.4 Å². The van der Waals surface area contributed by atoms with Gasteiger partial charge >= 0.3 is 0 Å². The minimum absolute atomic E-state index is 0.0521. The van der Waals surface area contributed by atoms with Gasteiger partial charge in [0, 0.05) is 22.9 Å². The van der Waals surface area contributed by atoms with E-state index in [0.717, 1.165) is 16.5 Å². The van der Waals surface area contributed by atoms with Crippen LogP contribution in [0, 0.1) is 0 Å². The van der Waals surface area contributed by atoms with E-state index < -0.39 is 0 Å². The molecule has 0 fully saturated rings. The lowest BCUT2D eigenvalue weighted by atomic mass is 10.2. The number of halogens is 1. The molecule has 2 aromatic rings. The van der Waals surface area contributed by atoms with Gasteiger partial charge < -0.3 is 4.74 Å². The number of aliphatic imine (C=N–C) groups is 1. The zero-order valence-electron chi connectivity index (χ0n) is 13.2. The van der Waals surface area contributed by atoms with Crippen molar-refractivity contribution in [3.8, 4) is 5.75 Å². The maximum absolute atomic E-state index is 12.7. The number of amidine groups is 1. The van der Waals surface area contributed by atoms with Crippen molar-refractivity contribution < 1.29 is 9.53 Å². The summed E-state index contributed by atoms with van der Waals surface area (Å²) in [5.41, 5.74) is 1.71. The van der Waals surface area contributed by atoms with Crippen LogP contribution in [0.2, 0.25) is 5.02 Å². The molecular formula is C18H17ClN2O2S. The molecule has 1 aliphatic rings. The molecule has 1 aliphatic heterocycles. The molecule has 1 heterocycles. The van der Waals surface area contributed by atoms with Crippen LogP contribution < -0.4 is 4.74 Å². The van der Waals surface area contributed by atoms with Gasteiger partial charge in [0.05, 0.1) is 13.7 Å². The fourth-order valence-corrected chi connectivity index (χ4v) is 3.63. The molecule has 0 spiro atoms. The molecule has 6 heteroatoms. The maximum atomic E-state index is 12.7. The molecule has 3 rings (SSSR count). The Kier molecular flexibility index (Phi) is 5.43. The molecule has 0 N–H and O–H groups in total. The number of amides is 1. The van der Waals surface area contributed by atoms with E-state index >= 15 is 0 Å². The minimum Gasteiger partial charge on any atom is -0.497 e. The molecule has 124 valence electrons. The number of carbonyl (C=O) groups is 1. The van der Waals surface area contributed by atoms with Crippen LogP contribution in [0.25, 0.3) is 0 Å². The first-order valence-corrected chi connectivity index (χ1v) is 8.91. The summed E-state index contributed by atoms with van der Waals surface area (Å²) in [6, 6.07) is 14.9. The predicted octanol–water partition coefficient (Wildman–Crippen LogP) is 4.09. The number of nitrogens with zero attached hydrogens (tertiary/aromatic N) is 2. The van der Waals surface area contributed by atoms with E-state index in [4.69, 9.17) is 16.3 Å². The second kappa shape index (κ2) is 7.73. The highest BCUT2D eigenvalue weighted by atomic mass is 35.5. The standard InChI is InChI=1S/C18H17ClN2O2S/c1-23-16-7-3-5-14(11-16)17(22)21-9-8-20-18(21)24-12-13-4-2-6-15(19)10-13/h2-7,10-11H,8-9,12H2,1H3. The van der Waals surface area contributed by atoms with Crippen LogP contribution in [0.15, 0.2) is 53.5 Å². The number of methoxy groups -OCH3 is 1. The first-order chi connectivity index (χ1) is 11.7. The lowest BCUT2D eigenvalue weighted by Gasteiger charge is -2.18. The van der Waals surface area contributed by atoms with Crippen LogP contribution in [0.5, 0.6) is 5.75 Å². The summed E-state index contributed by atoms with van der Waals surface area (Å²) in [4.78, 5) is 18.9. The highest BCUT2D eigenvalue weighted by Crippen LogP contribution is 2.23. The number of hydrogen-bond acceptors (Lipinski definition) is 4. The van der Waals surface area contributed by atoms with E-state index in [-0.39, 0.29) is 5.91 Å². The Hall–Kier alpha value is -1.98. The normalized spacial score (nSPS) is 13.8. The lowest BCUT2D eigenvalue weighted by Crippen LogP contribution is -2.32. The third-order valence-electron chi connectivity index (χ3n) is 3.62. The summed E-state index contributed by atoms with van der Waals surface area (Å²) >= 11 is 7.56. The number of ether oxygens (including phenoxy) is 1. The van der Waals surface area contributed by atoms with Crippen LogP contribution in [-0.2, 0) is 5.75 Å². The molecule has 2 aromatic carbocycles. The summed E-state index contributed by atoms with van der Waals surface area (Å²) in [5.74, 6) is 1.34. The first kappa shape index (κ1) is 16.9. The second-order valence-electron chi connectivity index (χ2n) is 5.27. The Bertz CT molecular complexity index is 779. The van der Waals surface area contributed by atoms with Crippen molar-refractivity contribution in [1.82, 2.24) is 4.90 Å². The quantitative estimate of drug-likeness (QED) is 0.824. The van der Waals surface area contributed by atoms with E-state index in [0.29, 0.717) is 29.4 Å². The smallest absolute Gasteiger partial charge is 0.260 e. The van der Waals surface area contributed by atoms with Crippen LogP contribution in [0.3, 0.4) is 0 Å². The molecule has 0 aliphatic carbocycles. The Morgan fingerprint density at radius 3 is 2.92 bits per heavy atom. The van der Waals surface area contributed by atoms with Gasteiger partial charge in [0.15, 0.2) is 5.17 Å². The molecule has 0 unspecified atom stereocenters. The van der Waals surface area contributed by atoms with Crippen LogP contribution in [0.1, 0.15) is 15.9 Å². The molecule has 1 amide bonds. The highest BCUT2D eigenvalue weighted by Gasteiger charge is 2.25. The predicted molar refractivity (Wildman–Crippen MR) is 99.1 cm³/mol. The number of hydrogen-bond donors (Lipinski definition) is 0. The number of carbonyl (C=O) groups excluding carboxylic acids is 1. The Balaban J connectivity index is 1.69. The van der Waals surface area contributed by atoms with Crippen molar-refractivity contribution >= 4 is 34.4 Å². The lowest BCUT2D eigenvalue weighted by molar-refractivity contribution is 0.0860. The van der Waals surface area contributed by atoms with E-state index in [1.807, 2.05) is 36.4 Å². The van der Waals surface area contributed by atoms with Crippen molar-refractivity contribution in [2.45, 2.75) is 5.75 Å². The van der Waals surface area contributed by atoms with Gasteiger partial charge in [-0.25, -0.2) is 0 Å². The van der Waals surface area contributed by atoms with Gasteiger partial charge in [-0.05, 0) is 35.9 Å². The van der Waals surface area contributed by atoms with Gasteiger partial charge in [0.25, 0.3) is 5.91 Å². The summed E-state index contributed by atoms with van der Waals surface area (Å²) in [6.45, 7) is 1.24. The molecule has 0 bridgehead atoms. The maximum Gasteiger partial charge on any atom is 0.260 e. The van der Waals surface area contributed by atoms with Crippen LogP contribution in [-0.4, -0.2) is 36.2 Å². The second-order valence-corrected chi connectivity index (χ2v) is 6.65. The van der Waals surface area contributed by atoms with E-state index in [1.165, 1.54) is 0 Å². The summed E-state index contributed by atoms with van der Waals surface area (Å²) < 4.78 is 5.19. The van der Waals surface area contributed by atoms with Gasteiger partial charge in [-0.2, -0.15) is 0 Å². The number of benzene rings is 2. The zero-order chi connectivity index (χ0) is 16.9. The van der Waals surface area contributed by atoms with Gasteiger partial charge in [-0.1, -0.05) is 41.6 Å². The number of rotatable bonds is 4. The average Bonchev–Trinajstić information content (AvgIpc) is 3.08. The third-order valence-corrected chi connectivity index (χ3v) is 4.94. The van der Waals surface area contributed by atoms with E-state index in [2.05, 4.69) is 4.99 Å². The molecule has 0 atom stereocenters. The number of thioether (sulfide) groups is 1. The van der Waals surface area contributed by atoms with E-state index in [9.17, 15) is 4.79 Å². The van der Waals surface area contributed by atoms with Gasteiger partial charge in [0.2, 0.25) is 0 Å². The van der Waals surface area contributed by atoms with Gasteiger partial charge in [-0.3, -0.25) is 14.7 Å². The Labute approximate surface area is 150 Å². The Morgan fingerprint density at radius 1 is 1.29 bits per heavy atom. The largest absolute Gasteiger partial charge is 0.497 e. The van der Waals surface area contributed by atoms with Gasteiger partial charge in [-0.15, -0.1) is 0 Å². The molecule has 24 heavy (non-hydrogen) atoms. The Morgan fingerprint density at radius 2 is 2.12 bits per heavy atom. The zero-order valence-corrected chi connectivity index (χ0v) is 14.8. The molecule has 0 saturated carbocycles. The topological polar surface area (TPSA) is 41.9 Å². The fraction of sp³-hybridized carbons (Fsp3) is 0.222. The van der Waals surface area contributed by atoms with Crippen molar-refractivity contribution in [2.24, 2.45) is 4.99 Å². The van der Waals surface area contributed by atoms with E-state index in [1.54, 1.807) is 35.9 Å². The van der Waals surface area contributed by atoms with Crippen molar-refractivity contribution in [3.63, 3.8) is 0 Å². The van der Waals surface area contributed by atoms with Crippen LogP contribution in [0.4, 0.5) is 0 Å². The molecular weight excluding hydrogens is 344 g/mol. The summed E-state index contributed by atoms with van der Waals surface area (Å²) in [5, 5.41) is 1.47. The molecule has 0 aromatic heterocycles. The van der Waals surface area contributed by atoms with Crippen molar-refractivity contribution in [1.29, 1.82) is 0 Å².